The first-order chi connectivity index (χ1) is 12.7. The van der Waals surface area contributed by atoms with Crippen molar-refractivity contribution in [1.29, 1.82) is 0 Å². The van der Waals surface area contributed by atoms with Crippen LogP contribution in [0.3, 0.4) is 0 Å². The van der Waals surface area contributed by atoms with Gasteiger partial charge in [-0.25, -0.2) is 0 Å². The second kappa shape index (κ2) is 9.86. The van der Waals surface area contributed by atoms with E-state index in [1.165, 1.54) is 24.0 Å². The van der Waals surface area contributed by atoms with Crippen LogP contribution in [0.2, 0.25) is 0 Å². The van der Waals surface area contributed by atoms with Gasteiger partial charge in [0, 0.05) is 12.5 Å². The van der Waals surface area contributed by atoms with Gasteiger partial charge in [-0.05, 0) is 43.0 Å². The van der Waals surface area contributed by atoms with E-state index >= 15 is 0 Å². The lowest BCUT2D eigenvalue weighted by molar-refractivity contribution is 0.00913. The highest BCUT2D eigenvalue weighted by Crippen LogP contribution is 2.25. The number of rotatable bonds is 8. The van der Waals surface area contributed by atoms with Gasteiger partial charge in [-0.2, -0.15) is 0 Å². The molecule has 1 aliphatic heterocycles. The van der Waals surface area contributed by atoms with Crippen LogP contribution in [0.15, 0.2) is 60.7 Å². The highest BCUT2D eigenvalue weighted by atomic mass is 16.5. The Morgan fingerprint density at radius 2 is 1.46 bits per heavy atom. The van der Waals surface area contributed by atoms with Crippen LogP contribution in [0.1, 0.15) is 36.8 Å². The quantitative estimate of drug-likeness (QED) is 0.780. The maximum Gasteiger partial charge on any atom is 0.0900 e. The molecular formula is C23H31NO2. The minimum atomic E-state index is -0.421. The Hall–Kier alpha value is -1.68. The van der Waals surface area contributed by atoms with E-state index in [2.05, 4.69) is 60.4 Å². The fraction of sp³-hybridized carbons (Fsp3) is 0.478. The van der Waals surface area contributed by atoms with Gasteiger partial charge in [0.25, 0.3) is 0 Å². The van der Waals surface area contributed by atoms with Gasteiger partial charge < -0.3 is 14.7 Å². The van der Waals surface area contributed by atoms with Crippen molar-refractivity contribution in [2.24, 2.45) is 5.92 Å². The van der Waals surface area contributed by atoms with Gasteiger partial charge in [0.1, 0.15) is 0 Å². The predicted octanol–water partition coefficient (Wildman–Crippen LogP) is 3.93. The summed E-state index contributed by atoms with van der Waals surface area (Å²) in [6.07, 6.45) is 2.05. The molecule has 0 radical (unpaired) electrons. The fourth-order valence-corrected chi connectivity index (χ4v) is 3.67. The van der Waals surface area contributed by atoms with Gasteiger partial charge in [0.15, 0.2) is 0 Å². The number of aliphatic hydroxyl groups is 1. The van der Waals surface area contributed by atoms with Crippen molar-refractivity contribution < 1.29 is 9.84 Å². The second-order valence-electron chi connectivity index (χ2n) is 7.55. The smallest absolute Gasteiger partial charge is 0.0900 e. The van der Waals surface area contributed by atoms with Crippen LogP contribution in [0.25, 0.3) is 0 Å². The molecule has 1 N–H and O–H groups in total. The summed E-state index contributed by atoms with van der Waals surface area (Å²) in [4.78, 5) is 2.36. The van der Waals surface area contributed by atoms with Gasteiger partial charge in [0.2, 0.25) is 0 Å². The van der Waals surface area contributed by atoms with Crippen molar-refractivity contribution in [3.8, 4) is 0 Å². The Morgan fingerprint density at radius 1 is 0.923 bits per heavy atom. The monoisotopic (exact) mass is 353 g/mol. The van der Waals surface area contributed by atoms with E-state index < -0.39 is 6.10 Å². The molecule has 0 aliphatic carbocycles. The zero-order valence-electron chi connectivity index (χ0n) is 15.8. The SMILES string of the molecule is CC1CCN(C[C@H](O)COCC(c2ccccc2)c2ccccc2)CC1. The summed E-state index contributed by atoms with van der Waals surface area (Å²) in [7, 11) is 0. The van der Waals surface area contributed by atoms with Crippen molar-refractivity contribution in [2.75, 3.05) is 32.8 Å². The average Bonchev–Trinajstić information content (AvgIpc) is 2.68. The van der Waals surface area contributed by atoms with Gasteiger partial charge in [-0.15, -0.1) is 0 Å². The maximum atomic E-state index is 10.4. The molecule has 0 bridgehead atoms. The van der Waals surface area contributed by atoms with E-state index in [0.717, 1.165) is 19.0 Å². The lowest BCUT2D eigenvalue weighted by Gasteiger charge is -2.31. The molecule has 0 unspecified atom stereocenters. The molecule has 3 heteroatoms. The summed E-state index contributed by atoms with van der Waals surface area (Å²) < 4.78 is 5.95. The average molecular weight is 354 g/mol. The third-order valence-corrected chi connectivity index (χ3v) is 5.34. The largest absolute Gasteiger partial charge is 0.389 e. The second-order valence-corrected chi connectivity index (χ2v) is 7.55. The van der Waals surface area contributed by atoms with Crippen LogP contribution in [0.5, 0.6) is 0 Å². The Labute approximate surface area is 157 Å². The molecule has 2 aromatic carbocycles. The van der Waals surface area contributed by atoms with E-state index in [1.54, 1.807) is 0 Å². The summed E-state index contributed by atoms with van der Waals surface area (Å²) in [6, 6.07) is 20.9. The molecule has 140 valence electrons. The summed E-state index contributed by atoms with van der Waals surface area (Å²) in [5.74, 6) is 1.01. The first kappa shape index (κ1) is 19.1. The minimum absolute atomic E-state index is 0.195. The standard InChI is InChI=1S/C23H31NO2/c1-19-12-14-24(15-13-19)16-22(25)17-26-18-23(20-8-4-2-5-9-20)21-10-6-3-7-11-21/h2-11,19,22-23,25H,12-18H2,1H3/t22-/m0/s1. The summed E-state index contributed by atoms with van der Waals surface area (Å²) in [6.45, 7) is 6.19. The summed E-state index contributed by atoms with van der Waals surface area (Å²) in [5.41, 5.74) is 2.50. The van der Waals surface area contributed by atoms with Gasteiger partial charge in [-0.1, -0.05) is 67.6 Å². The maximum absolute atomic E-state index is 10.4. The first-order valence-corrected chi connectivity index (χ1v) is 9.80. The summed E-state index contributed by atoms with van der Waals surface area (Å²) in [5, 5.41) is 10.4. The normalized spacial score (nSPS) is 17.5. The fourth-order valence-electron chi connectivity index (χ4n) is 3.67. The van der Waals surface area contributed by atoms with E-state index in [0.29, 0.717) is 19.8 Å². The van der Waals surface area contributed by atoms with Crippen LogP contribution < -0.4 is 0 Å². The Kier molecular flexibility index (Phi) is 7.24. The van der Waals surface area contributed by atoms with Crippen molar-refractivity contribution in [3.63, 3.8) is 0 Å². The van der Waals surface area contributed by atoms with Crippen LogP contribution in [0, 0.1) is 5.92 Å². The number of benzene rings is 2. The Bertz CT molecular complexity index is 584. The molecule has 1 saturated heterocycles. The number of ether oxygens (including phenoxy) is 1. The van der Waals surface area contributed by atoms with Crippen molar-refractivity contribution in [3.05, 3.63) is 71.8 Å². The number of hydrogen-bond donors (Lipinski definition) is 1. The third kappa shape index (κ3) is 5.66. The van der Waals surface area contributed by atoms with Crippen LogP contribution in [-0.4, -0.2) is 49.0 Å². The Balaban J connectivity index is 1.52. The highest BCUT2D eigenvalue weighted by molar-refractivity contribution is 5.32. The zero-order chi connectivity index (χ0) is 18.2. The van der Waals surface area contributed by atoms with Crippen molar-refractivity contribution in [1.82, 2.24) is 4.90 Å². The molecule has 26 heavy (non-hydrogen) atoms. The van der Waals surface area contributed by atoms with Crippen LogP contribution >= 0.6 is 0 Å². The molecule has 3 rings (SSSR count). The number of nitrogens with zero attached hydrogens (tertiary/aromatic N) is 1. The molecule has 2 aromatic rings. The molecule has 1 heterocycles. The number of hydrogen-bond acceptors (Lipinski definition) is 3. The highest BCUT2D eigenvalue weighted by Gasteiger charge is 2.19. The minimum Gasteiger partial charge on any atom is -0.389 e. The molecule has 0 saturated carbocycles. The molecular weight excluding hydrogens is 322 g/mol. The van der Waals surface area contributed by atoms with Gasteiger partial charge in [0.05, 0.1) is 19.3 Å². The van der Waals surface area contributed by atoms with Gasteiger partial charge >= 0.3 is 0 Å². The Morgan fingerprint density at radius 3 is 2.00 bits per heavy atom. The third-order valence-electron chi connectivity index (χ3n) is 5.34. The number of aliphatic hydroxyl groups excluding tert-OH is 1. The topological polar surface area (TPSA) is 32.7 Å². The van der Waals surface area contributed by atoms with Crippen LogP contribution in [-0.2, 0) is 4.74 Å². The number of piperidine rings is 1. The lowest BCUT2D eigenvalue weighted by atomic mass is 9.92. The van der Waals surface area contributed by atoms with Crippen molar-refractivity contribution in [2.45, 2.75) is 31.8 Å². The number of β-amino-alcohol motifs (C(OH)–C–C–N with tert-alkyl or cyclic N) is 1. The van der Waals surface area contributed by atoms with E-state index in [4.69, 9.17) is 4.74 Å². The molecule has 0 aromatic heterocycles. The predicted molar refractivity (Wildman–Crippen MR) is 106 cm³/mol. The first-order valence-electron chi connectivity index (χ1n) is 9.80. The lowest BCUT2D eigenvalue weighted by Crippen LogP contribution is -2.40. The summed E-state index contributed by atoms with van der Waals surface area (Å²) >= 11 is 0. The number of likely N-dealkylation sites (tertiary alicyclic amines) is 1. The van der Waals surface area contributed by atoms with Gasteiger partial charge in [-0.3, -0.25) is 0 Å². The van der Waals surface area contributed by atoms with Crippen LogP contribution in [0.4, 0.5) is 0 Å². The molecule has 1 fully saturated rings. The van der Waals surface area contributed by atoms with E-state index in [1.807, 2.05) is 12.1 Å². The van der Waals surface area contributed by atoms with Crippen molar-refractivity contribution >= 4 is 0 Å². The van der Waals surface area contributed by atoms with E-state index in [9.17, 15) is 5.11 Å². The molecule has 0 spiro atoms. The molecule has 0 amide bonds. The van der Waals surface area contributed by atoms with E-state index in [-0.39, 0.29) is 5.92 Å². The molecule has 1 atom stereocenters. The zero-order valence-corrected chi connectivity index (χ0v) is 15.8. The molecule has 3 nitrogen and oxygen atoms in total. The molecule has 1 aliphatic rings.